The Morgan fingerprint density at radius 3 is 2.55 bits per heavy atom. The summed E-state index contributed by atoms with van der Waals surface area (Å²) in [7, 11) is 0. The molecule has 1 amide bonds. The molecule has 0 heterocycles. The number of carbonyl (C=O) groups excluding carboxylic acids is 1. The van der Waals surface area contributed by atoms with Crippen LogP contribution in [0.4, 0.5) is 4.79 Å². The van der Waals surface area contributed by atoms with Crippen LogP contribution in [-0.4, -0.2) is 25.3 Å². The highest BCUT2D eigenvalue weighted by Gasteiger charge is 2.59. The zero-order chi connectivity index (χ0) is 27.3. The molecule has 4 aliphatic carbocycles. The smallest absolute Gasteiger partial charge is 0.407 e. The molecular formula is C34H60N2O2. The van der Waals surface area contributed by atoms with Crippen LogP contribution in [0.25, 0.3) is 0 Å². The Hall–Kier alpha value is -1.03. The molecule has 4 nitrogen and oxygen atoms in total. The Morgan fingerprint density at radius 1 is 1.00 bits per heavy atom. The third-order valence-electron chi connectivity index (χ3n) is 11.9. The van der Waals surface area contributed by atoms with Gasteiger partial charge in [-0.2, -0.15) is 0 Å². The van der Waals surface area contributed by atoms with E-state index in [0.29, 0.717) is 17.4 Å². The molecule has 0 aromatic carbocycles. The van der Waals surface area contributed by atoms with Crippen molar-refractivity contribution < 1.29 is 9.53 Å². The van der Waals surface area contributed by atoms with Gasteiger partial charge in [-0.3, -0.25) is 0 Å². The maximum absolute atomic E-state index is 12.4. The first-order valence-corrected chi connectivity index (χ1v) is 16.5. The van der Waals surface area contributed by atoms with E-state index in [-0.39, 0.29) is 12.2 Å². The Morgan fingerprint density at radius 2 is 1.79 bits per heavy atom. The van der Waals surface area contributed by atoms with Crippen LogP contribution in [-0.2, 0) is 4.74 Å². The maximum atomic E-state index is 12.4. The number of amides is 1. The quantitative estimate of drug-likeness (QED) is 0.197. The third-order valence-corrected chi connectivity index (χ3v) is 11.9. The van der Waals surface area contributed by atoms with E-state index in [1.807, 2.05) is 0 Å². The molecule has 0 aromatic heterocycles. The van der Waals surface area contributed by atoms with Crippen LogP contribution in [0.1, 0.15) is 131 Å². The first-order valence-electron chi connectivity index (χ1n) is 16.5. The van der Waals surface area contributed by atoms with Crippen molar-refractivity contribution in [3.8, 4) is 0 Å². The predicted octanol–water partition coefficient (Wildman–Crippen LogP) is 8.64. The molecule has 0 spiro atoms. The Bertz CT molecular complexity index is 808. The molecular weight excluding hydrogens is 468 g/mol. The van der Waals surface area contributed by atoms with Crippen LogP contribution in [0.15, 0.2) is 11.6 Å². The van der Waals surface area contributed by atoms with E-state index < -0.39 is 0 Å². The van der Waals surface area contributed by atoms with Crippen LogP contribution >= 0.6 is 0 Å². The fraction of sp³-hybridized carbons (Fsp3) is 0.912. The first kappa shape index (κ1) is 29.9. The van der Waals surface area contributed by atoms with Crippen LogP contribution in [0.5, 0.6) is 0 Å². The van der Waals surface area contributed by atoms with Gasteiger partial charge in [0.15, 0.2) is 0 Å². The van der Waals surface area contributed by atoms with Crippen LogP contribution in [0.3, 0.4) is 0 Å². The highest BCUT2D eigenvalue weighted by atomic mass is 16.6. The third kappa shape index (κ3) is 6.47. The molecule has 4 rings (SSSR count). The zero-order valence-electron chi connectivity index (χ0n) is 25.5. The number of carbonyl (C=O) groups is 1. The number of ether oxygens (including phenoxy) is 1. The molecule has 3 N–H and O–H groups in total. The Labute approximate surface area is 234 Å². The largest absolute Gasteiger partial charge is 0.446 e. The number of fused-ring (bicyclic) bond motifs is 5. The molecule has 4 aliphatic rings. The number of rotatable bonds is 12. The standard InChI is InChI=1S/C34H60N2O2/c1-24(2)11-10-12-25(3)29-15-16-30-28-14-13-26-23-27(38-32(37)36-22-9-7-6-8-21-35)17-19-33(26,4)31(28)18-20-34(29,30)5/h13,24-25,27-31H,6-12,14-23,35H2,1-5H3,(H,36,37)/t25-,27?,28?,29-,30?,31?,33+,34-/m1/s1. The second-order valence-electron chi connectivity index (χ2n) is 14.7. The average Bonchev–Trinajstić information content (AvgIpc) is 3.23. The molecule has 8 atom stereocenters. The van der Waals surface area contributed by atoms with Gasteiger partial charge in [-0.1, -0.05) is 78.4 Å². The lowest BCUT2D eigenvalue weighted by atomic mass is 9.47. The number of alkyl carbamates (subject to hydrolysis) is 1. The molecule has 0 aliphatic heterocycles. The van der Waals surface area contributed by atoms with Crippen molar-refractivity contribution in [2.24, 2.45) is 52.1 Å². The van der Waals surface area contributed by atoms with Crippen molar-refractivity contribution in [3.63, 3.8) is 0 Å². The minimum atomic E-state index is -0.223. The summed E-state index contributed by atoms with van der Waals surface area (Å²) in [5.74, 6) is 5.20. The lowest BCUT2D eigenvalue weighted by Gasteiger charge is -2.58. The summed E-state index contributed by atoms with van der Waals surface area (Å²) < 4.78 is 5.91. The Balaban J connectivity index is 1.31. The van der Waals surface area contributed by atoms with Gasteiger partial charge in [-0.05, 0) is 111 Å². The van der Waals surface area contributed by atoms with Gasteiger partial charge >= 0.3 is 6.09 Å². The van der Waals surface area contributed by atoms with Gasteiger partial charge in [0, 0.05) is 13.0 Å². The fourth-order valence-corrected chi connectivity index (χ4v) is 9.76. The first-order chi connectivity index (χ1) is 18.2. The minimum absolute atomic E-state index is 0.0412. The Kier molecular flexibility index (Phi) is 10.3. The summed E-state index contributed by atoms with van der Waals surface area (Å²) in [5, 5.41) is 2.98. The van der Waals surface area contributed by atoms with Gasteiger partial charge in [0.2, 0.25) is 0 Å². The monoisotopic (exact) mass is 528 g/mol. The van der Waals surface area contributed by atoms with Crippen molar-refractivity contribution >= 4 is 6.09 Å². The van der Waals surface area contributed by atoms with Crippen LogP contribution in [0, 0.1) is 46.3 Å². The number of nitrogens with two attached hydrogens (primary N) is 1. The second-order valence-corrected chi connectivity index (χ2v) is 14.7. The van der Waals surface area contributed by atoms with Gasteiger partial charge in [0.05, 0.1) is 0 Å². The molecule has 0 bridgehead atoms. The number of nitrogens with one attached hydrogen (secondary N) is 1. The number of hydrogen-bond acceptors (Lipinski definition) is 3. The van der Waals surface area contributed by atoms with Crippen LogP contribution < -0.4 is 11.1 Å². The van der Waals surface area contributed by atoms with Gasteiger partial charge < -0.3 is 15.8 Å². The molecule has 3 fully saturated rings. The van der Waals surface area contributed by atoms with E-state index in [1.54, 1.807) is 5.57 Å². The lowest BCUT2D eigenvalue weighted by Crippen LogP contribution is -2.51. The number of hydrogen-bond donors (Lipinski definition) is 2. The topological polar surface area (TPSA) is 64.3 Å². The normalized spacial score (nSPS) is 37.1. The summed E-state index contributed by atoms with van der Waals surface area (Å²) in [5.41, 5.74) is 8.02. The highest BCUT2D eigenvalue weighted by Crippen LogP contribution is 2.67. The van der Waals surface area contributed by atoms with Crippen molar-refractivity contribution in [1.82, 2.24) is 5.32 Å². The molecule has 4 unspecified atom stereocenters. The lowest BCUT2D eigenvalue weighted by molar-refractivity contribution is -0.0581. The molecule has 0 radical (unpaired) electrons. The van der Waals surface area contributed by atoms with Crippen molar-refractivity contribution in [3.05, 3.63) is 11.6 Å². The van der Waals surface area contributed by atoms with Gasteiger partial charge in [-0.15, -0.1) is 0 Å². The fourth-order valence-electron chi connectivity index (χ4n) is 9.76. The highest BCUT2D eigenvalue weighted by molar-refractivity contribution is 5.67. The molecule has 0 aromatic rings. The van der Waals surface area contributed by atoms with Gasteiger partial charge in [-0.25, -0.2) is 4.79 Å². The van der Waals surface area contributed by atoms with E-state index in [0.717, 1.165) is 80.6 Å². The molecule has 0 saturated heterocycles. The second kappa shape index (κ2) is 13.1. The zero-order valence-corrected chi connectivity index (χ0v) is 25.5. The summed E-state index contributed by atoms with van der Waals surface area (Å²) in [6, 6.07) is 0. The van der Waals surface area contributed by atoms with Gasteiger partial charge in [0.1, 0.15) is 6.10 Å². The average molecular weight is 529 g/mol. The number of allylic oxidation sites excluding steroid dienone is 1. The van der Waals surface area contributed by atoms with Gasteiger partial charge in [0.25, 0.3) is 0 Å². The van der Waals surface area contributed by atoms with Crippen LogP contribution in [0.2, 0.25) is 0 Å². The minimum Gasteiger partial charge on any atom is -0.446 e. The van der Waals surface area contributed by atoms with E-state index in [1.165, 1.54) is 57.8 Å². The molecule has 3 saturated carbocycles. The van der Waals surface area contributed by atoms with E-state index in [9.17, 15) is 4.79 Å². The molecule has 4 heteroatoms. The summed E-state index contributed by atoms with van der Waals surface area (Å²) >= 11 is 0. The van der Waals surface area contributed by atoms with Crippen molar-refractivity contribution in [2.45, 2.75) is 137 Å². The van der Waals surface area contributed by atoms with E-state index in [4.69, 9.17) is 10.5 Å². The summed E-state index contributed by atoms with van der Waals surface area (Å²) in [6.07, 6.45) is 21.1. The van der Waals surface area contributed by atoms with Crippen molar-refractivity contribution in [2.75, 3.05) is 13.1 Å². The predicted molar refractivity (Wildman–Crippen MR) is 159 cm³/mol. The molecule has 38 heavy (non-hydrogen) atoms. The van der Waals surface area contributed by atoms with E-state index in [2.05, 4.69) is 46.0 Å². The van der Waals surface area contributed by atoms with E-state index >= 15 is 0 Å². The SMILES string of the molecule is CC(C)CCC[C@@H](C)[C@H]1CCC2C3CC=C4CC(OC(=O)NCCCCCCN)CC[C@]4(C)C3CC[C@@]21C. The number of unbranched alkanes of at least 4 members (excludes halogenated alkanes) is 3. The molecule has 218 valence electrons. The maximum Gasteiger partial charge on any atom is 0.407 e. The summed E-state index contributed by atoms with van der Waals surface area (Å²) in [6.45, 7) is 14.0. The summed E-state index contributed by atoms with van der Waals surface area (Å²) in [4.78, 5) is 12.4. The van der Waals surface area contributed by atoms with Crippen molar-refractivity contribution in [1.29, 1.82) is 0 Å².